The van der Waals surface area contributed by atoms with E-state index in [1.165, 1.54) is 18.4 Å². The van der Waals surface area contributed by atoms with Crippen LogP contribution in [0, 0.1) is 5.82 Å². The normalized spacial score (nSPS) is 10.4. The van der Waals surface area contributed by atoms with E-state index in [9.17, 15) is 9.18 Å². The van der Waals surface area contributed by atoms with Crippen molar-refractivity contribution in [1.82, 2.24) is 0 Å². The summed E-state index contributed by atoms with van der Waals surface area (Å²) in [6, 6.07) is 15.3. The number of halogens is 2. The number of rotatable bonds is 5. The fourth-order valence-electron chi connectivity index (χ4n) is 2.10. The number of carbonyl (C=O) groups is 1. The van der Waals surface area contributed by atoms with Gasteiger partial charge in [0, 0.05) is 10.0 Å². The molecule has 1 N–H and O–H groups in total. The maximum Gasteiger partial charge on any atom is 0.291 e. The second-order valence-corrected chi connectivity index (χ2v) is 5.87. The average Bonchev–Trinajstić information content (AvgIpc) is 3.05. The highest BCUT2D eigenvalue weighted by molar-refractivity contribution is 9.10. The molecule has 0 radical (unpaired) electrons. The van der Waals surface area contributed by atoms with E-state index in [0.29, 0.717) is 15.8 Å². The van der Waals surface area contributed by atoms with Crippen molar-refractivity contribution in [3.8, 4) is 5.75 Å². The average molecular weight is 390 g/mol. The molecule has 0 saturated heterocycles. The molecule has 0 aliphatic heterocycles. The van der Waals surface area contributed by atoms with Gasteiger partial charge in [0.05, 0.1) is 12.0 Å². The zero-order valence-electron chi connectivity index (χ0n) is 12.5. The van der Waals surface area contributed by atoms with Crippen LogP contribution in [-0.2, 0) is 6.61 Å². The van der Waals surface area contributed by atoms with Crippen LogP contribution in [0.1, 0.15) is 16.1 Å². The minimum atomic E-state index is -0.536. The van der Waals surface area contributed by atoms with E-state index in [4.69, 9.17) is 9.15 Å². The van der Waals surface area contributed by atoms with Crippen molar-refractivity contribution in [3.63, 3.8) is 0 Å². The second kappa shape index (κ2) is 7.31. The fourth-order valence-corrected chi connectivity index (χ4v) is 2.43. The second-order valence-electron chi connectivity index (χ2n) is 4.95. The number of furan rings is 1. The maximum atomic E-state index is 13.8. The first kappa shape index (κ1) is 16.3. The summed E-state index contributed by atoms with van der Waals surface area (Å²) in [4.78, 5) is 12.3. The first-order valence-electron chi connectivity index (χ1n) is 7.14. The Morgan fingerprint density at radius 2 is 1.96 bits per heavy atom. The van der Waals surface area contributed by atoms with Gasteiger partial charge in [0.25, 0.3) is 5.91 Å². The minimum Gasteiger partial charge on any atom is -0.489 e. The van der Waals surface area contributed by atoms with Gasteiger partial charge in [-0.3, -0.25) is 4.79 Å². The van der Waals surface area contributed by atoms with Gasteiger partial charge in [0.2, 0.25) is 0 Å². The molecule has 0 aliphatic carbocycles. The Balaban J connectivity index is 1.71. The van der Waals surface area contributed by atoms with Crippen LogP contribution >= 0.6 is 15.9 Å². The number of hydrogen-bond donors (Lipinski definition) is 1. The summed E-state index contributed by atoms with van der Waals surface area (Å²) in [7, 11) is 0. The summed E-state index contributed by atoms with van der Waals surface area (Å²) < 4.78 is 25.3. The molecule has 0 aliphatic rings. The molecule has 0 spiro atoms. The van der Waals surface area contributed by atoms with E-state index < -0.39 is 11.7 Å². The van der Waals surface area contributed by atoms with Crippen LogP contribution in [0.2, 0.25) is 0 Å². The van der Waals surface area contributed by atoms with Crippen molar-refractivity contribution in [3.05, 3.63) is 82.5 Å². The highest BCUT2D eigenvalue weighted by atomic mass is 79.9. The molecule has 0 unspecified atom stereocenters. The lowest BCUT2D eigenvalue weighted by molar-refractivity contribution is 0.0993. The summed E-state index contributed by atoms with van der Waals surface area (Å²) >= 11 is 3.17. The Morgan fingerprint density at radius 3 is 2.71 bits per heavy atom. The van der Waals surface area contributed by atoms with Crippen LogP contribution in [0.25, 0.3) is 0 Å². The Hall–Kier alpha value is -2.60. The summed E-state index contributed by atoms with van der Waals surface area (Å²) in [6.45, 7) is 0.173. The van der Waals surface area contributed by atoms with Crippen LogP contribution in [0.15, 0.2) is 69.8 Å². The summed E-state index contributed by atoms with van der Waals surface area (Å²) in [5.41, 5.74) is 0.656. The van der Waals surface area contributed by atoms with Gasteiger partial charge in [-0.05, 0) is 36.4 Å². The quantitative estimate of drug-likeness (QED) is 0.666. The summed E-state index contributed by atoms with van der Waals surface area (Å²) in [5.74, 6) is -0.295. The third-order valence-electron chi connectivity index (χ3n) is 3.27. The van der Waals surface area contributed by atoms with Crippen molar-refractivity contribution in [1.29, 1.82) is 0 Å². The molecular formula is C18H13BrFNO3. The standard InChI is InChI=1S/C18H13BrFNO3/c19-13-6-7-16(15(20)10-13)21-18(22)17-12(8-9-23-17)11-24-14-4-2-1-3-5-14/h1-10H,11H2,(H,21,22). The molecule has 24 heavy (non-hydrogen) atoms. The molecule has 1 amide bonds. The highest BCUT2D eigenvalue weighted by Gasteiger charge is 2.17. The lowest BCUT2D eigenvalue weighted by atomic mass is 10.2. The zero-order chi connectivity index (χ0) is 16.9. The first-order chi connectivity index (χ1) is 11.6. The van der Waals surface area contributed by atoms with Crippen molar-refractivity contribution in [2.75, 3.05) is 5.32 Å². The van der Waals surface area contributed by atoms with E-state index in [0.717, 1.165) is 0 Å². The molecule has 0 atom stereocenters. The van der Waals surface area contributed by atoms with Gasteiger partial charge >= 0.3 is 0 Å². The van der Waals surface area contributed by atoms with Crippen molar-refractivity contribution >= 4 is 27.5 Å². The third kappa shape index (κ3) is 3.83. The number of ether oxygens (including phenoxy) is 1. The fraction of sp³-hybridized carbons (Fsp3) is 0.0556. The molecule has 6 heteroatoms. The van der Waals surface area contributed by atoms with Gasteiger partial charge in [0.15, 0.2) is 5.76 Å². The topological polar surface area (TPSA) is 51.5 Å². The van der Waals surface area contributed by atoms with E-state index in [-0.39, 0.29) is 18.1 Å². The Kier molecular flexibility index (Phi) is 4.96. The van der Waals surface area contributed by atoms with Crippen molar-refractivity contribution in [2.24, 2.45) is 0 Å². The maximum absolute atomic E-state index is 13.8. The largest absolute Gasteiger partial charge is 0.489 e. The molecule has 3 rings (SSSR count). The molecule has 0 bridgehead atoms. The van der Waals surface area contributed by atoms with Gasteiger partial charge in [-0.15, -0.1) is 0 Å². The Bertz CT molecular complexity index is 848. The molecule has 2 aromatic carbocycles. The van der Waals surface area contributed by atoms with Crippen LogP contribution < -0.4 is 10.1 Å². The predicted octanol–water partition coefficient (Wildman–Crippen LogP) is 5.01. The molecule has 1 aromatic heterocycles. The number of nitrogens with one attached hydrogen (secondary N) is 1. The van der Waals surface area contributed by atoms with Crippen LogP contribution in [0.3, 0.4) is 0 Å². The van der Waals surface area contributed by atoms with Crippen LogP contribution in [0.5, 0.6) is 5.75 Å². The summed E-state index contributed by atoms with van der Waals surface area (Å²) in [6.07, 6.45) is 1.40. The first-order valence-corrected chi connectivity index (χ1v) is 7.93. The third-order valence-corrected chi connectivity index (χ3v) is 3.76. The number of para-hydroxylation sites is 1. The molecule has 3 aromatic rings. The molecule has 0 saturated carbocycles. The van der Waals surface area contributed by atoms with Crippen molar-refractivity contribution in [2.45, 2.75) is 6.61 Å². The lowest BCUT2D eigenvalue weighted by Crippen LogP contribution is -2.14. The predicted molar refractivity (Wildman–Crippen MR) is 91.5 cm³/mol. The van der Waals surface area contributed by atoms with Gasteiger partial charge in [-0.25, -0.2) is 4.39 Å². The van der Waals surface area contributed by atoms with E-state index >= 15 is 0 Å². The van der Waals surface area contributed by atoms with Gasteiger partial charge in [-0.2, -0.15) is 0 Å². The highest BCUT2D eigenvalue weighted by Crippen LogP contribution is 2.21. The monoisotopic (exact) mass is 389 g/mol. The number of carbonyl (C=O) groups excluding carboxylic acids is 1. The molecule has 122 valence electrons. The van der Waals surface area contributed by atoms with Crippen LogP contribution in [-0.4, -0.2) is 5.91 Å². The molecule has 0 fully saturated rings. The molecule has 1 heterocycles. The Labute approximate surface area is 146 Å². The number of anilines is 1. The van der Waals surface area contributed by atoms with Gasteiger partial charge in [0.1, 0.15) is 18.2 Å². The van der Waals surface area contributed by atoms with Crippen molar-refractivity contribution < 1.29 is 18.3 Å². The Morgan fingerprint density at radius 1 is 1.17 bits per heavy atom. The van der Waals surface area contributed by atoms with E-state index in [1.807, 2.05) is 30.3 Å². The zero-order valence-corrected chi connectivity index (χ0v) is 14.0. The molecule has 4 nitrogen and oxygen atoms in total. The smallest absolute Gasteiger partial charge is 0.291 e. The van der Waals surface area contributed by atoms with Crippen LogP contribution in [0.4, 0.5) is 10.1 Å². The minimum absolute atomic E-state index is 0.0783. The van der Waals surface area contributed by atoms with E-state index in [2.05, 4.69) is 21.2 Å². The van der Waals surface area contributed by atoms with Gasteiger partial charge < -0.3 is 14.5 Å². The molecular weight excluding hydrogens is 377 g/mol. The number of benzene rings is 2. The number of amides is 1. The number of hydrogen-bond acceptors (Lipinski definition) is 3. The van der Waals surface area contributed by atoms with Gasteiger partial charge in [-0.1, -0.05) is 34.1 Å². The lowest BCUT2D eigenvalue weighted by Gasteiger charge is -2.08. The van der Waals surface area contributed by atoms with E-state index in [1.54, 1.807) is 12.1 Å². The SMILES string of the molecule is O=C(Nc1ccc(Br)cc1F)c1occc1COc1ccccc1. The summed E-state index contributed by atoms with van der Waals surface area (Å²) in [5, 5.41) is 2.49.